The van der Waals surface area contributed by atoms with E-state index in [9.17, 15) is 14.5 Å². The molecule has 150 valence electrons. The molecule has 1 amide bonds. The Morgan fingerprint density at radius 2 is 1.96 bits per heavy atom. The molecular formula is C14H25N2O9P. The zero-order valence-electron chi connectivity index (χ0n) is 14.9. The summed E-state index contributed by atoms with van der Waals surface area (Å²) < 4.78 is 33.1. The van der Waals surface area contributed by atoms with Crippen molar-refractivity contribution >= 4 is 13.7 Å². The lowest BCUT2D eigenvalue weighted by Crippen LogP contribution is -2.56. The van der Waals surface area contributed by atoms with Crippen LogP contribution in [0.2, 0.25) is 0 Å². The summed E-state index contributed by atoms with van der Waals surface area (Å²) in [4.78, 5) is 30.8. The second-order valence-corrected chi connectivity index (χ2v) is 7.48. The maximum Gasteiger partial charge on any atom is 0.469 e. The molecule has 1 saturated heterocycles. The first kappa shape index (κ1) is 21.3. The number of aliphatic hydroxyl groups is 1. The van der Waals surface area contributed by atoms with Gasteiger partial charge in [0.05, 0.1) is 12.2 Å². The number of hydrogen-bond donors (Lipinski definition) is 4. The second kappa shape index (κ2) is 8.32. The van der Waals surface area contributed by atoms with Crippen molar-refractivity contribution in [3.63, 3.8) is 0 Å². The topological polar surface area (TPSA) is 147 Å². The van der Waals surface area contributed by atoms with E-state index in [-0.39, 0.29) is 6.10 Å². The Morgan fingerprint density at radius 3 is 2.46 bits per heavy atom. The van der Waals surface area contributed by atoms with E-state index in [1.807, 2.05) is 0 Å². The zero-order valence-corrected chi connectivity index (χ0v) is 15.8. The molecule has 0 aromatic heterocycles. The van der Waals surface area contributed by atoms with E-state index in [4.69, 9.17) is 28.5 Å². The summed E-state index contributed by atoms with van der Waals surface area (Å²) in [5, 5.41) is 12.4. The molecule has 2 aliphatic rings. The Balaban J connectivity index is 2.28. The van der Waals surface area contributed by atoms with Crippen molar-refractivity contribution in [3.8, 4) is 0 Å². The normalized spacial score (nSPS) is 33.6. The monoisotopic (exact) mass is 396 g/mol. The highest BCUT2D eigenvalue weighted by molar-refractivity contribution is 7.46. The first-order chi connectivity index (χ1) is 12.0. The van der Waals surface area contributed by atoms with Gasteiger partial charge >= 0.3 is 7.82 Å². The number of ether oxygens (including phenoxy) is 3. The summed E-state index contributed by atoms with van der Waals surface area (Å²) in [6.07, 6.45) is -3.28. The molecule has 0 aliphatic carbocycles. The number of methoxy groups -OCH3 is 1. The third-order valence-corrected chi connectivity index (χ3v) is 4.55. The van der Waals surface area contributed by atoms with E-state index in [1.165, 1.54) is 31.2 Å². The van der Waals surface area contributed by atoms with Crippen LogP contribution in [0.5, 0.6) is 0 Å². The van der Waals surface area contributed by atoms with E-state index >= 15 is 0 Å². The van der Waals surface area contributed by atoms with Crippen molar-refractivity contribution in [3.05, 3.63) is 12.3 Å². The van der Waals surface area contributed by atoms with Crippen molar-refractivity contribution in [2.45, 2.75) is 63.9 Å². The predicted octanol–water partition coefficient (Wildman–Crippen LogP) is -0.761. The Hall–Kier alpha value is -1.04. The lowest BCUT2D eigenvalue weighted by molar-refractivity contribution is -0.160. The van der Waals surface area contributed by atoms with Crippen molar-refractivity contribution in [1.29, 1.82) is 0 Å². The van der Waals surface area contributed by atoms with Crippen molar-refractivity contribution in [2.75, 3.05) is 7.11 Å². The summed E-state index contributed by atoms with van der Waals surface area (Å²) in [5.41, 5.74) is 0. The van der Waals surface area contributed by atoms with E-state index in [2.05, 4.69) is 5.32 Å². The summed E-state index contributed by atoms with van der Waals surface area (Å²) in [5.74, 6) is -0.467. The third kappa shape index (κ3) is 5.02. The van der Waals surface area contributed by atoms with Crippen LogP contribution in [-0.2, 0) is 28.1 Å². The molecule has 26 heavy (non-hydrogen) atoms. The van der Waals surface area contributed by atoms with Gasteiger partial charge in [0.15, 0.2) is 6.23 Å². The summed E-state index contributed by atoms with van der Waals surface area (Å²) >= 11 is 0. The molecule has 0 bridgehead atoms. The van der Waals surface area contributed by atoms with Crippen LogP contribution in [-0.4, -0.2) is 75.9 Å². The van der Waals surface area contributed by atoms with Crippen molar-refractivity contribution < 1.29 is 43.0 Å². The molecule has 12 heteroatoms. The van der Waals surface area contributed by atoms with Crippen LogP contribution in [0.4, 0.5) is 0 Å². The van der Waals surface area contributed by atoms with E-state index in [0.29, 0.717) is 0 Å². The maximum atomic E-state index is 11.3. The lowest BCUT2D eigenvalue weighted by Gasteiger charge is -2.36. The quantitative estimate of drug-likeness (QED) is 0.405. The molecule has 0 saturated carbocycles. The molecule has 0 spiro atoms. The maximum absolute atomic E-state index is 11.3. The van der Waals surface area contributed by atoms with Gasteiger partial charge in [-0.15, -0.1) is 0 Å². The van der Waals surface area contributed by atoms with Crippen LogP contribution in [0.1, 0.15) is 20.8 Å². The summed E-state index contributed by atoms with van der Waals surface area (Å²) in [6.45, 7) is 5.03. The molecule has 2 aliphatic heterocycles. The number of nitrogens with one attached hydrogen (secondary N) is 1. The standard InChI is InChI=1S/C14H25N2O9P/c1-7(2)23-11-10(8(3)25-26(19,20)21)24-13(12(11)22-4)16-6-5-9(17)15-14(16)18/h5-8,10-14,18H,1-4H3,(H,15,17)(H2,19,20,21)/t8-,10-,11?,12?,13-,14?/m1/s1. The van der Waals surface area contributed by atoms with Crippen LogP contribution in [0.3, 0.4) is 0 Å². The number of phosphoric acid groups is 1. The van der Waals surface area contributed by atoms with Gasteiger partial charge < -0.3 is 39.3 Å². The molecule has 6 atom stereocenters. The van der Waals surface area contributed by atoms with Crippen LogP contribution in [0.15, 0.2) is 12.3 Å². The van der Waals surface area contributed by atoms with Gasteiger partial charge in [0.2, 0.25) is 12.3 Å². The number of amides is 1. The highest BCUT2D eigenvalue weighted by atomic mass is 31.2. The minimum absolute atomic E-state index is 0.230. The fourth-order valence-corrected chi connectivity index (χ4v) is 3.54. The van der Waals surface area contributed by atoms with E-state index in [0.717, 1.165) is 0 Å². The lowest BCUT2D eigenvalue weighted by atomic mass is 10.1. The Morgan fingerprint density at radius 1 is 1.31 bits per heavy atom. The van der Waals surface area contributed by atoms with Gasteiger partial charge in [-0.2, -0.15) is 0 Å². The number of hydrogen-bond acceptors (Lipinski definition) is 8. The van der Waals surface area contributed by atoms with Crippen LogP contribution in [0.25, 0.3) is 0 Å². The van der Waals surface area contributed by atoms with Crippen molar-refractivity contribution in [1.82, 2.24) is 10.2 Å². The van der Waals surface area contributed by atoms with Gasteiger partial charge in [-0.3, -0.25) is 9.32 Å². The number of phosphoric ester groups is 1. The minimum atomic E-state index is -4.75. The van der Waals surface area contributed by atoms with Gasteiger partial charge in [-0.05, 0) is 20.8 Å². The third-order valence-electron chi connectivity index (χ3n) is 3.94. The first-order valence-corrected chi connectivity index (χ1v) is 9.58. The average molecular weight is 396 g/mol. The number of aliphatic hydroxyl groups excluding tert-OH is 1. The van der Waals surface area contributed by atoms with Crippen LogP contribution >= 0.6 is 7.82 Å². The van der Waals surface area contributed by atoms with Crippen LogP contribution in [0, 0.1) is 0 Å². The molecule has 2 heterocycles. The smallest absolute Gasteiger partial charge is 0.374 e. The second-order valence-electron chi connectivity index (χ2n) is 6.29. The van der Waals surface area contributed by atoms with Crippen molar-refractivity contribution in [2.24, 2.45) is 0 Å². The Labute approximate surface area is 151 Å². The number of carbonyl (C=O) groups excluding carboxylic acids is 1. The molecule has 2 rings (SSSR count). The predicted molar refractivity (Wildman–Crippen MR) is 87.2 cm³/mol. The Kier molecular flexibility index (Phi) is 6.81. The molecule has 4 N–H and O–H groups in total. The highest BCUT2D eigenvalue weighted by Crippen LogP contribution is 2.41. The van der Waals surface area contributed by atoms with Gasteiger partial charge in [0.1, 0.15) is 18.3 Å². The fraction of sp³-hybridized carbons (Fsp3) is 0.786. The number of rotatable bonds is 7. The molecule has 11 nitrogen and oxygen atoms in total. The number of nitrogens with zero attached hydrogens (tertiary/aromatic N) is 1. The minimum Gasteiger partial charge on any atom is -0.374 e. The molecule has 0 radical (unpaired) electrons. The molecular weight excluding hydrogens is 371 g/mol. The average Bonchev–Trinajstić information content (AvgIpc) is 2.83. The van der Waals surface area contributed by atoms with Crippen LogP contribution < -0.4 is 5.32 Å². The van der Waals surface area contributed by atoms with Gasteiger partial charge in [0, 0.05) is 19.4 Å². The van der Waals surface area contributed by atoms with Gasteiger partial charge in [0.25, 0.3) is 0 Å². The van der Waals surface area contributed by atoms with E-state index in [1.54, 1.807) is 13.8 Å². The SMILES string of the molecule is COC1C(OC(C)C)[C@@H]([C@@H](C)OP(=O)(O)O)O[C@H]1N1C=CC(=O)NC1O. The zero-order chi connectivity index (χ0) is 19.6. The van der Waals surface area contributed by atoms with Gasteiger partial charge in [-0.1, -0.05) is 0 Å². The summed E-state index contributed by atoms with van der Waals surface area (Å²) in [6, 6.07) is 0. The molecule has 3 unspecified atom stereocenters. The first-order valence-electron chi connectivity index (χ1n) is 8.05. The fourth-order valence-electron chi connectivity index (χ4n) is 2.99. The highest BCUT2D eigenvalue weighted by Gasteiger charge is 2.52. The van der Waals surface area contributed by atoms with E-state index < -0.39 is 50.7 Å². The molecule has 0 aromatic carbocycles. The largest absolute Gasteiger partial charge is 0.469 e. The molecule has 0 aromatic rings. The van der Waals surface area contributed by atoms with Gasteiger partial charge in [-0.25, -0.2) is 4.57 Å². The summed E-state index contributed by atoms with van der Waals surface area (Å²) in [7, 11) is -3.32. The number of carbonyl (C=O) groups is 1. The Bertz CT molecular complexity index is 581. The molecule has 1 fully saturated rings.